The van der Waals surface area contributed by atoms with Gasteiger partial charge < -0.3 is 20.1 Å². The number of ether oxygens (including phenoxy) is 2. The van der Waals surface area contributed by atoms with Crippen LogP contribution in [-0.4, -0.2) is 47.3 Å². The van der Waals surface area contributed by atoms with E-state index in [1.54, 1.807) is 67.7 Å². The molecule has 1 aromatic heterocycles. The number of methoxy groups -OCH3 is 1. The van der Waals surface area contributed by atoms with E-state index in [0.717, 1.165) is 0 Å². The molecule has 2 aromatic carbocycles. The van der Waals surface area contributed by atoms with Gasteiger partial charge in [-0.15, -0.1) is 0 Å². The van der Waals surface area contributed by atoms with Crippen LogP contribution in [-0.2, 0) is 9.53 Å². The molecular weight excluding hydrogens is 436 g/mol. The number of rotatable bonds is 9. The van der Waals surface area contributed by atoms with Crippen LogP contribution in [0, 0.1) is 5.92 Å². The van der Waals surface area contributed by atoms with Crippen molar-refractivity contribution < 1.29 is 23.9 Å². The van der Waals surface area contributed by atoms with Crippen LogP contribution in [0.25, 0.3) is 5.69 Å². The van der Waals surface area contributed by atoms with Crippen molar-refractivity contribution in [1.29, 1.82) is 0 Å². The van der Waals surface area contributed by atoms with Crippen LogP contribution in [0.2, 0.25) is 0 Å². The van der Waals surface area contributed by atoms with Crippen LogP contribution in [0.5, 0.6) is 5.75 Å². The Hall–Kier alpha value is -4.14. The lowest BCUT2D eigenvalue weighted by atomic mass is 10.0. The number of para-hydroxylation sites is 1. The number of esters is 1. The number of hydrogen-bond acceptors (Lipinski definition) is 6. The zero-order valence-corrected chi connectivity index (χ0v) is 19.6. The van der Waals surface area contributed by atoms with Crippen molar-refractivity contribution in [3.63, 3.8) is 0 Å². The first-order valence-corrected chi connectivity index (χ1v) is 10.9. The fourth-order valence-corrected chi connectivity index (χ4v) is 3.31. The summed E-state index contributed by atoms with van der Waals surface area (Å²) in [6.07, 6.45) is 1.64. The molecule has 2 N–H and O–H groups in total. The fourth-order valence-electron chi connectivity index (χ4n) is 3.31. The average Bonchev–Trinajstić information content (AvgIpc) is 3.33. The Kier molecular flexibility index (Phi) is 8.02. The summed E-state index contributed by atoms with van der Waals surface area (Å²) in [4.78, 5) is 37.7. The molecule has 9 heteroatoms. The highest BCUT2D eigenvalue weighted by Crippen LogP contribution is 2.19. The number of anilines is 1. The highest BCUT2D eigenvalue weighted by atomic mass is 16.5. The normalized spacial score (nSPS) is 11.6. The summed E-state index contributed by atoms with van der Waals surface area (Å²) in [5.74, 6) is -1.00. The third kappa shape index (κ3) is 5.80. The molecule has 1 atom stereocenters. The smallest absolute Gasteiger partial charge is 0.358 e. The van der Waals surface area contributed by atoms with E-state index in [0.29, 0.717) is 22.7 Å². The van der Waals surface area contributed by atoms with Gasteiger partial charge in [0, 0.05) is 11.9 Å². The maximum atomic E-state index is 13.0. The van der Waals surface area contributed by atoms with Crippen molar-refractivity contribution in [2.45, 2.75) is 26.8 Å². The average molecular weight is 465 g/mol. The molecule has 0 spiro atoms. The lowest BCUT2D eigenvalue weighted by Gasteiger charge is -2.22. The summed E-state index contributed by atoms with van der Waals surface area (Å²) in [6, 6.07) is 14.6. The van der Waals surface area contributed by atoms with Gasteiger partial charge in [0.25, 0.3) is 5.91 Å². The van der Waals surface area contributed by atoms with Crippen molar-refractivity contribution in [3.8, 4) is 11.4 Å². The lowest BCUT2D eigenvalue weighted by Crippen LogP contribution is -2.47. The quantitative estimate of drug-likeness (QED) is 0.469. The Labute approximate surface area is 198 Å². The molecule has 9 nitrogen and oxygen atoms in total. The van der Waals surface area contributed by atoms with Crippen molar-refractivity contribution in [2.75, 3.05) is 19.0 Å². The molecular formula is C25H28N4O5. The largest absolute Gasteiger partial charge is 0.496 e. The highest BCUT2D eigenvalue weighted by Gasteiger charge is 2.26. The lowest BCUT2D eigenvalue weighted by molar-refractivity contribution is -0.118. The van der Waals surface area contributed by atoms with Gasteiger partial charge >= 0.3 is 5.97 Å². The molecule has 0 aliphatic carbocycles. The van der Waals surface area contributed by atoms with E-state index >= 15 is 0 Å². The molecule has 3 aromatic rings. The number of hydrogen-bond donors (Lipinski definition) is 2. The van der Waals surface area contributed by atoms with Gasteiger partial charge in [0.05, 0.1) is 25.0 Å². The van der Waals surface area contributed by atoms with Gasteiger partial charge in [-0.1, -0.05) is 32.0 Å². The van der Waals surface area contributed by atoms with Crippen LogP contribution in [0.1, 0.15) is 41.6 Å². The second-order valence-corrected chi connectivity index (χ2v) is 7.80. The molecule has 0 aliphatic rings. The Morgan fingerprint density at radius 2 is 1.82 bits per heavy atom. The van der Waals surface area contributed by atoms with Crippen LogP contribution < -0.4 is 15.4 Å². The van der Waals surface area contributed by atoms with Crippen LogP contribution in [0.4, 0.5) is 5.69 Å². The van der Waals surface area contributed by atoms with Gasteiger partial charge in [-0.2, -0.15) is 5.10 Å². The van der Waals surface area contributed by atoms with Crippen LogP contribution in [0.15, 0.2) is 60.8 Å². The summed E-state index contributed by atoms with van der Waals surface area (Å²) in [6.45, 7) is 5.69. The van der Waals surface area contributed by atoms with Crippen molar-refractivity contribution in [3.05, 3.63) is 72.1 Å². The molecule has 1 unspecified atom stereocenters. The van der Waals surface area contributed by atoms with E-state index in [9.17, 15) is 14.4 Å². The van der Waals surface area contributed by atoms with Crippen LogP contribution >= 0.6 is 0 Å². The number of amides is 2. The standard InChI is InChI=1S/C25H28N4O5/c1-5-34-25(32)20-13-14-29(28-20)18-10-8-9-17(15-18)26-24(31)22(16(2)3)27-23(30)19-11-6-7-12-21(19)33-4/h6-16,22H,5H2,1-4H3,(H,26,31)(H,27,30). The molecule has 0 aliphatic heterocycles. The SMILES string of the molecule is CCOC(=O)c1ccn(-c2cccc(NC(=O)C(NC(=O)c3ccccc3OC)C(C)C)c2)n1. The molecule has 2 amide bonds. The maximum absolute atomic E-state index is 13.0. The van der Waals surface area contributed by atoms with E-state index < -0.39 is 17.9 Å². The summed E-state index contributed by atoms with van der Waals surface area (Å²) in [5.41, 5.74) is 1.71. The van der Waals surface area contributed by atoms with Gasteiger partial charge in [-0.25, -0.2) is 9.48 Å². The number of nitrogens with zero attached hydrogens (tertiary/aromatic N) is 2. The number of benzene rings is 2. The van der Waals surface area contributed by atoms with Crippen molar-refractivity contribution >= 4 is 23.5 Å². The molecule has 34 heavy (non-hydrogen) atoms. The number of nitrogens with one attached hydrogen (secondary N) is 2. The van der Waals surface area contributed by atoms with Crippen molar-refractivity contribution in [2.24, 2.45) is 5.92 Å². The molecule has 3 rings (SSSR count). The Bertz CT molecular complexity index is 1170. The monoisotopic (exact) mass is 464 g/mol. The highest BCUT2D eigenvalue weighted by molar-refractivity contribution is 6.02. The summed E-state index contributed by atoms with van der Waals surface area (Å²) < 4.78 is 11.7. The summed E-state index contributed by atoms with van der Waals surface area (Å²) >= 11 is 0. The number of aromatic nitrogens is 2. The summed E-state index contributed by atoms with van der Waals surface area (Å²) in [5, 5.41) is 9.89. The van der Waals surface area contributed by atoms with Gasteiger partial charge in [0.15, 0.2) is 5.69 Å². The molecule has 0 saturated carbocycles. The molecule has 0 fully saturated rings. The number of carbonyl (C=O) groups is 3. The van der Waals surface area contributed by atoms with Gasteiger partial charge in [0.1, 0.15) is 11.8 Å². The van der Waals surface area contributed by atoms with Gasteiger partial charge in [-0.05, 0) is 49.2 Å². The molecule has 0 bridgehead atoms. The van der Waals surface area contributed by atoms with Gasteiger partial charge in [-0.3, -0.25) is 9.59 Å². The summed E-state index contributed by atoms with van der Waals surface area (Å²) in [7, 11) is 1.49. The van der Waals surface area contributed by atoms with Crippen molar-refractivity contribution in [1.82, 2.24) is 15.1 Å². The first kappa shape index (κ1) is 24.5. The number of carbonyl (C=O) groups excluding carboxylic acids is 3. The zero-order chi connectivity index (χ0) is 24.7. The van der Waals surface area contributed by atoms with E-state index in [2.05, 4.69) is 15.7 Å². The second-order valence-electron chi connectivity index (χ2n) is 7.80. The minimum absolute atomic E-state index is 0.167. The molecule has 0 saturated heterocycles. The first-order chi connectivity index (χ1) is 16.3. The third-order valence-electron chi connectivity index (χ3n) is 5.04. The van der Waals surface area contributed by atoms with Gasteiger partial charge in [0.2, 0.25) is 5.91 Å². The minimum Gasteiger partial charge on any atom is -0.496 e. The molecule has 178 valence electrons. The van der Waals surface area contributed by atoms with Crippen LogP contribution in [0.3, 0.4) is 0 Å². The first-order valence-electron chi connectivity index (χ1n) is 10.9. The van der Waals surface area contributed by atoms with E-state index in [1.165, 1.54) is 11.8 Å². The maximum Gasteiger partial charge on any atom is 0.358 e. The fraction of sp³-hybridized carbons (Fsp3) is 0.280. The van der Waals surface area contributed by atoms with E-state index in [1.807, 2.05) is 13.8 Å². The zero-order valence-electron chi connectivity index (χ0n) is 19.6. The second kappa shape index (κ2) is 11.1. The predicted molar refractivity (Wildman–Crippen MR) is 127 cm³/mol. The van der Waals surface area contributed by atoms with E-state index in [4.69, 9.17) is 9.47 Å². The molecule has 1 heterocycles. The van der Waals surface area contributed by atoms with E-state index in [-0.39, 0.29) is 24.1 Å². The minimum atomic E-state index is -0.777. The topological polar surface area (TPSA) is 112 Å². The third-order valence-corrected chi connectivity index (χ3v) is 5.04. The predicted octanol–water partition coefficient (Wildman–Crippen LogP) is 3.45. The Morgan fingerprint density at radius 1 is 1.06 bits per heavy atom. The molecule has 0 radical (unpaired) electrons. The Balaban J connectivity index is 1.74. The Morgan fingerprint density at radius 3 is 2.53 bits per heavy atom.